The zero-order chi connectivity index (χ0) is 10.8. The first-order valence-electron chi connectivity index (χ1n) is 4.01. The van der Waals surface area contributed by atoms with Crippen molar-refractivity contribution < 1.29 is 0 Å². The summed E-state index contributed by atoms with van der Waals surface area (Å²) in [6.07, 6.45) is 4.16. The number of H-pyrrole nitrogens is 1. The summed E-state index contributed by atoms with van der Waals surface area (Å²) < 4.78 is 1.35. The minimum atomic E-state index is -0.447. The van der Waals surface area contributed by atoms with Crippen molar-refractivity contribution in [2.75, 3.05) is 5.73 Å². The van der Waals surface area contributed by atoms with Gasteiger partial charge in [-0.1, -0.05) is 0 Å². The number of aromatic nitrogens is 4. The van der Waals surface area contributed by atoms with Gasteiger partial charge in [0.2, 0.25) is 5.82 Å². The highest BCUT2D eigenvalue weighted by Gasteiger charge is 2.10. The van der Waals surface area contributed by atoms with Crippen molar-refractivity contribution in [2.24, 2.45) is 0 Å². The predicted octanol–water partition coefficient (Wildman–Crippen LogP) is -0.591. The molecule has 0 unspecified atom stereocenters. The molecule has 2 rings (SSSR count). The molecule has 3 N–H and O–H groups in total. The van der Waals surface area contributed by atoms with Crippen LogP contribution in [0.15, 0.2) is 23.5 Å². The lowest BCUT2D eigenvalue weighted by Gasteiger charge is -2.03. The Hall–Kier alpha value is -2.62. The van der Waals surface area contributed by atoms with Crippen LogP contribution in [0.3, 0.4) is 0 Å². The summed E-state index contributed by atoms with van der Waals surface area (Å²) in [4.78, 5) is 21.2. The summed E-state index contributed by atoms with van der Waals surface area (Å²) in [5.41, 5.74) is 5.04. The third kappa shape index (κ3) is 1.34. The number of hydrogen-bond acceptors (Lipinski definition) is 5. The molecule has 7 heteroatoms. The molecule has 0 fully saturated rings. The van der Waals surface area contributed by atoms with E-state index in [1.54, 1.807) is 0 Å². The Morgan fingerprint density at radius 3 is 3.07 bits per heavy atom. The molecular weight excluding hydrogens is 196 g/mol. The molecular formula is C8H6N6O. The van der Waals surface area contributed by atoms with Crippen molar-refractivity contribution in [3.05, 3.63) is 34.9 Å². The largest absolute Gasteiger partial charge is 0.391 e. The Morgan fingerprint density at radius 2 is 2.33 bits per heavy atom. The van der Waals surface area contributed by atoms with Gasteiger partial charge in [-0.2, -0.15) is 5.26 Å². The van der Waals surface area contributed by atoms with Crippen LogP contribution >= 0.6 is 0 Å². The highest BCUT2D eigenvalue weighted by molar-refractivity contribution is 5.51. The number of nitrogens with zero attached hydrogens (tertiary/aromatic N) is 4. The van der Waals surface area contributed by atoms with Crippen molar-refractivity contribution in [3.8, 4) is 11.9 Å². The molecule has 0 spiro atoms. The molecule has 0 aliphatic rings. The fourth-order valence-corrected chi connectivity index (χ4v) is 1.15. The van der Waals surface area contributed by atoms with Crippen molar-refractivity contribution in [1.29, 1.82) is 5.26 Å². The molecule has 74 valence electrons. The van der Waals surface area contributed by atoms with Gasteiger partial charge in [-0.25, -0.2) is 9.97 Å². The minimum Gasteiger partial charge on any atom is -0.391 e. The fraction of sp³-hybridized carbons (Fsp3) is 0. The Balaban J connectivity index is 2.71. The van der Waals surface area contributed by atoms with Gasteiger partial charge in [0.05, 0.1) is 6.33 Å². The second-order valence-electron chi connectivity index (χ2n) is 2.70. The van der Waals surface area contributed by atoms with E-state index in [-0.39, 0.29) is 17.3 Å². The Kier molecular flexibility index (Phi) is 1.95. The van der Waals surface area contributed by atoms with E-state index in [4.69, 9.17) is 11.0 Å². The first kappa shape index (κ1) is 8.96. The average molecular weight is 202 g/mol. The predicted molar refractivity (Wildman–Crippen MR) is 51.1 cm³/mol. The van der Waals surface area contributed by atoms with Gasteiger partial charge in [-0.05, 0) is 0 Å². The van der Waals surface area contributed by atoms with Crippen LogP contribution in [0, 0.1) is 11.3 Å². The second kappa shape index (κ2) is 3.26. The molecule has 7 nitrogen and oxygen atoms in total. The van der Waals surface area contributed by atoms with Crippen LogP contribution in [0.2, 0.25) is 0 Å². The Labute approximate surface area is 83.8 Å². The highest BCUT2D eigenvalue weighted by Crippen LogP contribution is 2.10. The van der Waals surface area contributed by atoms with Gasteiger partial charge in [-0.3, -0.25) is 9.36 Å². The number of hydrogen-bond donors (Lipinski definition) is 2. The molecule has 2 aromatic rings. The van der Waals surface area contributed by atoms with Gasteiger partial charge in [0.25, 0.3) is 5.56 Å². The van der Waals surface area contributed by atoms with E-state index in [0.29, 0.717) is 0 Å². The molecule has 0 radical (unpaired) electrons. The molecule has 0 aliphatic carbocycles. The van der Waals surface area contributed by atoms with E-state index in [1.165, 1.54) is 23.3 Å². The quantitative estimate of drug-likeness (QED) is 0.641. The average Bonchev–Trinajstić information content (AvgIpc) is 2.70. The zero-order valence-electron chi connectivity index (χ0n) is 7.51. The van der Waals surface area contributed by atoms with Crippen molar-refractivity contribution in [2.45, 2.75) is 0 Å². The van der Waals surface area contributed by atoms with Crippen molar-refractivity contribution >= 4 is 5.69 Å². The summed E-state index contributed by atoms with van der Waals surface area (Å²) in [5.74, 6) is 0.326. The molecule has 0 saturated heterocycles. The molecule has 0 aliphatic heterocycles. The second-order valence-corrected chi connectivity index (χ2v) is 2.70. The SMILES string of the molecule is N#Cc1nccn1-c1nc[nH]c(=O)c1N. The molecule has 2 aromatic heterocycles. The van der Waals surface area contributed by atoms with Gasteiger partial charge < -0.3 is 10.7 Å². The molecule has 0 saturated carbocycles. The number of imidazole rings is 1. The summed E-state index contributed by atoms with van der Waals surface area (Å²) in [6.45, 7) is 0. The van der Waals surface area contributed by atoms with Crippen molar-refractivity contribution in [1.82, 2.24) is 19.5 Å². The zero-order valence-corrected chi connectivity index (χ0v) is 7.51. The number of nitriles is 1. The van der Waals surface area contributed by atoms with Gasteiger partial charge in [-0.15, -0.1) is 0 Å². The van der Waals surface area contributed by atoms with Crippen LogP contribution in [-0.2, 0) is 0 Å². The molecule has 15 heavy (non-hydrogen) atoms. The minimum absolute atomic E-state index is 0.0491. The van der Waals surface area contributed by atoms with Crippen LogP contribution in [-0.4, -0.2) is 19.5 Å². The fourth-order valence-electron chi connectivity index (χ4n) is 1.15. The first-order valence-corrected chi connectivity index (χ1v) is 4.01. The van der Waals surface area contributed by atoms with E-state index < -0.39 is 5.56 Å². The Morgan fingerprint density at radius 1 is 1.53 bits per heavy atom. The molecule has 0 amide bonds. The maximum absolute atomic E-state index is 11.2. The van der Waals surface area contributed by atoms with Gasteiger partial charge in [0, 0.05) is 12.4 Å². The topological polar surface area (TPSA) is 113 Å². The van der Waals surface area contributed by atoms with Gasteiger partial charge in [0.1, 0.15) is 11.8 Å². The molecule has 2 heterocycles. The van der Waals surface area contributed by atoms with Crippen molar-refractivity contribution in [3.63, 3.8) is 0 Å². The lowest BCUT2D eigenvalue weighted by molar-refractivity contribution is 0.945. The standard InChI is InChI=1S/C8H6N6O/c9-3-5-11-1-2-14(5)7-6(10)8(15)13-4-12-7/h1-2,4H,10H2,(H,12,13,15). The maximum atomic E-state index is 11.2. The smallest absolute Gasteiger partial charge is 0.276 e. The summed E-state index contributed by atoms with van der Waals surface area (Å²) in [6, 6.07) is 1.86. The lowest BCUT2D eigenvalue weighted by Crippen LogP contribution is -2.16. The summed E-state index contributed by atoms with van der Waals surface area (Å²) in [5, 5.41) is 8.74. The van der Waals surface area contributed by atoms with Crippen LogP contribution in [0.25, 0.3) is 5.82 Å². The number of nitrogens with one attached hydrogen (secondary N) is 1. The number of anilines is 1. The number of nitrogens with two attached hydrogens (primary N) is 1. The van der Waals surface area contributed by atoms with Gasteiger partial charge in [0.15, 0.2) is 5.82 Å². The molecule has 0 bridgehead atoms. The van der Waals surface area contributed by atoms with E-state index in [2.05, 4.69) is 15.0 Å². The van der Waals surface area contributed by atoms with Crippen LogP contribution in [0.5, 0.6) is 0 Å². The van der Waals surface area contributed by atoms with Crippen LogP contribution < -0.4 is 11.3 Å². The molecule has 0 aromatic carbocycles. The normalized spacial score (nSPS) is 9.80. The number of nitrogen functional groups attached to an aromatic ring is 1. The third-order valence-corrected chi connectivity index (χ3v) is 1.84. The third-order valence-electron chi connectivity index (χ3n) is 1.84. The van der Waals surface area contributed by atoms with E-state index in [0.717, 1.165) is 0 Å². The summed E-state index contributed by atoms with van der Waals surface area (Å²) in [7, 11) is 0. The van der Waals surface area contributed by atoms with E-state index >= 15 is 0 Å². The summed E-state index contributed by atoms with van der Waals surface area (Å²) >= 11 is 0. The number of rotatable bonds is 1. The lowest BCUT2D eigenvalue weighted by atomic mass is 10.4. The molecule has 0 atom stereocenters. The first-order chi connectivity index (χ1) is 7.24. The van der Waals surface area contributed by atoms with Gasteiger partial charge >= 0.3 is 0 Å². The van der Waals surface area contributed by atoms with Crippen LogP contribution in [0.1, 0.15) is 5.82 Å². The van der Waals surface area contributed by atoms with E-state index in [9.17, 15) is 4.79 Å². The highest BCUT2D eigenvalue weighted by atomic mass is 16.1. The van der Waals surface area contributed by atoms with E-state index in [1.807, 2.05) is 6.07 Å². The maximum Gasteiger partial charge on any atom is 0.276 e. The number of aromatic amines is 1. The van der Waals surface area contributed by atoms with Crippen LogP contribution in [0.4, 0.5) is 5.69 Å². The Bertz CT molecular complexity index is 590. The monoisotopic (exact) mass is 202 g/mol.